The Labute approximate surface area is 115 Å². The number of rotatable bonds is 2. The lowest BCUT2D eigenvalue weighted by atomic mass is 10.1. The van der Waals surface area contributed by atoms with Crippen LogP contribution in [0.15, 0.2) is 18.2 Å². The summed E-state index contributed by atoms with van der Waals surface area (Å²) in [6.07, 6.45) is 1.92. The molecule has 0 N–H and O–H groups in total. The van der Waals surface area contributed by atoms with Gasteiger partial charge in [-0.05, 0) is 31.0 Å². The zero-order chi connectivity index (χ0) is 14.3. The molecular formula is C14H13FN2O3. The zero-order valence-corrected chi connectivity index (χ0v) is 10.8. The molecule has 20 heavy (non-hydrogen) atoms. The van der Waals surface area contributed by atoms with Gasteiger partial charge in [0.1, 0.15) is 12.4 Å². The van der Waals surface area contributed by atoms with Gasteiger partial charge in [0.2, 0.25) is 5.91 Å². The van der Waals surface area contributed by atoms with Crippen LogP contribution in [0.1, 0.15) is 23.2 Å². The van der Waals surface area contributed by atoms with Crippen molar-refractivity contribution in [3.8, 4) is 0 Å². The lowest BCUT2D eigenvalue weighted by Gasteiger charge is -2.20. The van der Waals surface area contributed by atoms with Crippen LogP contribution < -0.4 is 4.90 Å². The van der Waals surface area contributed by atoms with Gasteiger partial charge >= 0.3 is 0 Å². The van der Waals surface area contributed by atoms with Crippen molar-refractivity contribution in [2.75, 3.05) is 24.5 Å². The van der Waals surface area contributed by atoms with Crippen LogP contribution >= 0.6 is 0 Å². The highest BCUT2D eigenvalue weighted by Gasteiger charge is 2.37. The molecule has 0 atom stereocenters. The first-order valence-electron chi connectivity index (χ1n) is 6.51. The molecular weight excluding hydrogens is 263 g/mol. The fraction of sp³-hybridized carbons (Fsp3) is 0.357. The molecule has 0 unspecified atom stereocenters. The van der Waals surface area contributed by atoms with Crippen molar-refractivity contribution in [2.45, 2.75) is 12.8 Å². The second kappa shape index (κ2) is 4.70. The van der Waals surface area contributed by atoms with Crippen LogP contribution in [-0.2, 0) is 9.59 Å². The number of benzene rings is 1. The third-order valence-corrected chi connectivity index (χ3v) is 3.69. The van der Waals surface area contributed by atoms with Gasteiger partial charge in [0, 0.05) is 13.1 Å². The fourth-order valence-electron chi connectivity index (χ4n) is 2.63. The third kappa shape index (κ3) is 1.97. The molecule has 0 aromatic heterocycles. The Kier molecular flexibility index (Phi) is 3.00. The molecule has 0 spiro atoms. The molecule has 0 radical (unpaired) electrons. The van der Waals surface area contributed by atoms with Gasteiger partial charge in [-0.3, -0.25) is 19.3 Å². The van der Waals surface area contributed by atoms with Crippen molar-refractivity contribution in [3.05, 3.63) is 29.6 Å². The molecule has 2 aliphatic rings. The van der Waals surface area contributed by atoms with Gasteiger partial charge in [0.15, 0.2) is 0 Å². The van der Waals surface area contributed by atoms with E-state index in [0.717, 1.165) is 23.8 Å². The van der Waals surface area contributed by atoms with Crippen LogP contribution in [0.3, 0.4) is 0 Å². The zero-order valence-electron chi connectivity index (χ0n) is 10.8. The Bertz CT molecular complexity index is 608. The lowest BCUT2D eigenvalue weighted by molar-refractivity contribution is -0.129. The SMILES string of the molecule is O=C1C(=O)N(CC(=O)N2CCCC2)c2ccc(F)cc21. The Morgan fingerprint density at radius 3 is 2.60 bits per heavy atom. The van der Waals surface area contributed by atoms with Crippen molar-refractivity contribution < 1.29 is 18.8 Å². The molecule has 0 bridgehead atoms. The summed E-state index contributed by atoms with van der Waals surface area (Å²) in [6.45, 7) is 1.21. The quantitative estimate of drug-likeness (QED) is 0.756. The summed E-state index contributed by atoms with van der Waals surface area (Å²) < 4.78 is 13.1. The van der Waals surface area contributed by atoms with E-state index in [-0.39, 0.29) is 18.0 Å². The molecule has 6 heteroatoms. The van der Waals surface area contributed by atoms with Crippen molar-refractivity contribution >= 4 is 23.3 Å². The largest absolute Gasteiger partial charge is 0.341 e. The van der Waals surface area contributed by atoms with Gasteiger partial charge in [-0.1, -0.05) is 0 Å². The van der Waals surface area contributed by atoms with Crippen LogP contribution in [0.25, 0.3) is 0 Å². The van der Waals surface area contributed by atoms with E-state index in [1.54, 1.807) is 4.90 Å². The summed E-state index contributed by atoms with van der Waals surface area (Å²) in [7, 11) is 0. The highest BCUT2D eigenvalue weighted by molar-refractivity contribution is 6.52. The maximum Gasteiger partial charge on any atom is 0.299 e. The van der Waals surface area contributed by atoms with Crippen molar-refractivity contribution in [1.82, 2.24) is 4.90 Å². The Morgan fingerprint density at radius 1 is 1.20 bits per heavy atom. The minimum Gasteiger partial charge on any atom is -0.341 e. The number of halogens is 1. The van der Waals surface area contributed by atoms with E-state index in [4.69, 9.17) is 0 Å². The number of hydrogen-bond acceptors (Lipinski definition) is 3. The number of hydrogen-bond donors (Lipinski definition) is 0. The predicted molar refractivity (Wildman–Crippen MR) is 68.9 cm³/mol. The number of Topliss-reactive ketones (excluding diaryl/α,β-unsaturated/α-hetero) is 1. The van der Waals surface area contributed by atoms with Gasteiger partial charge < -0.3 is 4.90 Å². The molecule has 1 fully saturated rings. The van der Waals surface area contributed by atoms with Crippen LogP contribution in [0.2, 0.25) is 0 Å². The maximum absolute atomic E-state index is 13.1. The molecule has 2 aliphatic heterocycles. The number of anilines is 1. The van der Waals surface area contributed by atoms with E-state index in [0.29, 0.717) is 18.8 Å². The standard InChI is InChI=1S/C14H13FN2O3/c15-9-3-4-11-10(7-9)13(19)14(20)17(11)8-12(18)16-5-1-2-6-16/h3-4,7H,1-2,5-6,8H2. The average molecular weight is 276 g/mol. The molecule has 1 aromatic carbocycles. The second-order valence-corrected chi connectivity index (χ2v) is 4.97. The maximum atomic E-state index is 13.1. The van der Waals surface area contributed by atoms with Crippen LogP contribution in [-0.4, -0.2) is 42.1 Å². The first kappa shape index (κ1) is 12.8. The molecule has 1 aromatic rings. The second-order valence-electron chi connectivity index (χ2n) is 4.97. The van der Waals surface area contributed by atoms with Gasteiger partial charge in [-0.25, -0.2) is 4.39 Å². The molecule has 0 saturated carbocycles. The normalized spacial score (nSPS) is 17.9. The van der Waals surface area contributed by atoms with Crippen molar-refractivity contribution in [3.63, 3.8) is 0 Å². The number of carbonyl (C=O) groups is 3. The first-order valence-corrected chi connectivity index (χ1v) is 6.51. The topological polar surface area (TPSA) is 57.7 Å². The summed E-state index contributed by atoms with van der Waals surface area (Å²) in [5, 5.41) is 0. The van der Waals surface area contributed by atoms with E-state index >= 15 is 0 Å². The molecule has 5 nitrogen and oxygen atoms in total. The first-order chi connectivity index (χ1) is 9.58. The molecule has 0 aliphatic carbocycles. The third-order valence-electron chi connectivity index (χ3n) is 3.69. The monoisotopic (exact) mass is 276 g/mol. The summed E-state index contributed by atoms with van der Waals surface area (Å²) in [4.78, 5) is 38.6. The van der Waals surface area contributed by atoms with Crippen LogP contribution in [0.4, 0.5) is 10.1 Å². The average Bonchev–Trinajstić information content (AvgIpc) is 3.03. The minimum atomic E-state index is -0.766. The highest BCUT2D eigenvalue weighted by atomic mass is 19.1. The number of likely N-dealkylation sites (tertiary alicyclic amines) is 1. The predicted octanol–water partition coefficient (Wildman–Crippen LogP) is 0.977. The Balaban J connectivity index is 1.85. The Morgan fingerprint density at radius 2 is 1.90 bits per heavy atom. The summed E-state index contributed by atoms with van der Waals surface area (Å²) >= 11 is 0. The fourth-order valence-corrected chi connectivity index (χ4v) is 2.63. The number of amides is 2. The number of fused-ring (bicyclic) bond motifs is 1. The van der Waals surface area contributed by atoms with E-state index in [1.165, 1.54) is 12.1 Å². The van der Waals surface area contributed by atoms with E-state index in [9.17, 15) is 18.8 Å². The smallest absolute Gasteiger partial charge is 0.299 e. The number of carbonyl (C=O) groups excluding carboxylic acids is 3. The van der Waals surface area contributed by atoms with Crippen molar-refractivity contribution in [1.29, 1.82) is 0 Å². The number of nitrogens with zero attached hydrogens (tertiary/aromatic N) is 2. The van der Waals surface area contributed by atoms with Crippen LogP contribution in [0.5, 0.6) is 0 Å². The summed E-state index contributed by atoms with van der Waals surface area (Å²) in [6, 6.07) is 3.58. The molecule has 2 heterocycles. The summed E-state index contributed by atoms with van der Waals surface area (Å²) in [5.74, 6) is -2.27. The summed E-state index contributed by atoms with van der Waals surface area (Å²) in [5.41, 5.74) is 0.346. The minimum absolute atomic E-state index is 0.0317. The highest BCUT2D eigenvalue weighted by Crippen LogP contribution is 2.29. The van der Waals surface area contributed by atoms with E-state index < -0.39 is 17.5 Å². The van der Waals surface area contributed by atoms with E-state index in [1.807, 2.05) is 0 Å². The van der Waals surface area contributed by atoms with Crippen molar-refractivity contribution in [2.24, 2.45) is 0 Å². The van der Waals surface area contributed by atoms with Gasteiger partial charge in [0.25, 0.3) is 11.7 Å². The van der Waals surface area contributed by atoms with Gasteiger partial charge in [0.05, 0.1) is 11.3 Å². The molecule has 3 rings (SSSR count). The van der Waals surface area contributed by atoms with E-state index in [2.05, 4.69) is 0 Å². The van der Waals surface area contributed by atoms with Gasteiger partial charge in [-0.2, -0.15) is 0 Å². The molecule has 104 valence electrons. The molecule has 1 saturated heterocycles. The molecule has 2 amide bonds. The lowest BCUT2D eigenvalue weighted by Crippen LogP contribution is -2.41. The Hall–Kier alpha value is -2.24. The number of ketones is 1. The van der Waals surface area contributed by atoms with Gasteiger partial charge in [-0.15, -0.1) is 0 Å². The van der Waals surface area contributed by atoms with Crippen LogP contribution in [0, 0.1) is 5.82 Å².